The first-order valence-corrected chi connectivity index (χ1v) is 6.94. The second kappa shape index (κ2) is 6.60. The Morgan fingerprint density at radius 2 is 2.12 bits per heavy atom. The standard InChI is InChI=1S/C14H13N7O3/c22-11(7-16-12-13(23)18-14(24)21-20-12)19-17-6-8-5-15-10-4-2-1-3-9(8)10/h1-6,15H,7H2,(H,16,20)(H,19,22)(H2,18,21,23,24). The molecule has 10 nitrogen and oxygen atoms in total. The molecular formula is C14H13N7O3. The zero-order valence-corrected chi connectivity index (χ0v) is 12.3. The minimum Gasteiger partial charge on any atom is -0.361 e. The van der Waals surface area contributed by atoms with Gasteiger partial charge in [-0.3, -0.25) is 14.6 Å². The fourth-order valence-corrected chi connectivity index (χ4v) is 2.05. The van der Waals surface area contributed by atoms with Crippen molar-refractivity contribution in [2.75, 3.05) is 11.9 Å². The zero-order valence-electron chi connectivity index (χ0n) is 12.3. The van der Waals surface area contributed by atoms with E-state index in [4.69, 9.17) is 0 Å². The van der Waals surface area contributed by atoms with Gasteiger partial charge in [-0.05, 0) is 6.07 Å². The van der Waals surface area contributed by atoms with Gasteiger partial charge in [0.1, 0.15) is 0 Å². The lowest BCUT2D eigenvalue weighted by atomic mass is 10.2. The monoisotopic (exact) mass is 327 g/mol. The molecule has 0 aliphatic carbocycles. The van der Waals surface area contributed by atoms with Gasteiger partial charge in [-0.1, -0.05) is 18.2 Å². The van der Waals surface area contributed by atoms with Crippen LogP contribution in [-0.2, 0) is 4.79 Å². The quantitative estimate of drug-likeness (QED) is 0.316. The van der Waals surface area contributed by atoms with Crippen molar-refractivity contribution in [3.05, 3.63) is 56.9 Å². The van der Waals surface area contributed by atoms with Gasteiger partial charge >= 0.3 is 5.69 Å². The van der Waals surface area contributed by atoms with Gasteiger partial charge in [0.2, 0.25) is 5.82 Å². The third-order valence-electron chi connectivity index (χ3n) is 3.14. The van der Waals surface area contributed by atoms with Crippen molar-refractivity contribution >= 4 is 28.8 Å². The van der Waals surface area contributed by atoms with Crippen LogP contribution >= 0.6 is 0 Å². The van der Waals surface area contributed by atoms with Crippen molar-refractivity contribution in [1.29, 1.82) is 0 Å². The predicted octanol–water partition coefficient (Wildman–Crippen LogP) is -0.498. The summed E-state index contributed by atoms with van der Waals surface area (Å²) >= 11 is 0. The summed E-state index contributed by atoms with van der Waals surface area (Å²) in [6, 6.07) is 7.69. The Labute approximate surface area is 134 Å². The molecule has 24 heavy (non-hydrogen) atoms. The molecule has 0 saturated heterocycles. The van der Waals surface area contributed by atoms with Gasteiger partial charge < -0.3 is 10.3 Å². The molecule has 1 amide bonds. The molecule has 0 aliphatic rings. The first-order valence-electron chi connectivity index (χ1n) is 6.94. The van der Waals surface area contributed by atoms with Gasteiger partial charge in [-0.2, -0.15) is 5.10 Å². The summed E-state index contributed by atoms with van der Waals surface area (Å²) in [6.07, 6.45) is 3.30. The van der Waals surface area contributed by atoms with Crippen LogP contribution in [0.1, 0.15) is 5.56 Å². The molecule has 0 aliphatic heterocycles. The number of rotatable bonds is 5. The number of anilines is 1. The second-order valence-electron chi connectivity index (χ2n) is 4.79. The van der Waals surface area contributed by atoms with E-state index in [1.54, 1.807) is 6.20 Å². The van der Waals surface area contributed by atoms with E-state index in [0.717, 1.165) is 16.5 Å². The van der Waals surface area contributed by atoms with Crippen molar-refractivity contribution in [1.82, 2.24) is 25.6 Å². The number of carbonyl (C=O) groups is 1. The van der Waals surface area contributed by atoms with Crippen molar-refractivity contribution in [2.45, 2.75) is 0 Å². The van der Waals surface area contributed by atoms with Gasteiger partial charge in [0.05, 0.1) is 12.8 Å². The lowest BCUT2D eigenvalue weighted by Crippen LogP contribution is -2.31. The molecule has 3 aromatic rings. The summed E-state index contributed by atoms with van der Waals surface area (Å²) in [6.45, 7) is -0.229. The topological polar surface area (TPSA) is 148 Å². The van der Waals surface area contributed by atoms with E-state index in [1.807, 2.05) is 29.2 Å². The lowest BCUT2D eigenvalue weighted by molar-refractivity contribution is -0.119. The van der Waals surface area contributed by atoms with Crippen molar-refractivity contribution in [3.63, 3.8) is 0 Å². The molecular weight excluding hydrogens is 314 g/mol. The number of hydrazone groups is 1. The summed E-state index contributed by atoms with van der Waals surface area (Å²) in [5.74, 6) is -0.635. The zero-order chi connectivity index (χ0) is 16.9. The van der Waals surface area contributed by atoms with Crippen LogP contribution in [0.2, 0.25) is 0 Å². The number of amides is 1. The fraction of sp³-hybridized carbons (Fsp3) is 0.0714. The molecule has 5 N–H and O–H groups in total. The third kappa shape index (κ3) is 3.38. The number of fused-ring (bicyclic) bond motifs is 1. The SMILES string of the molecule is O=C(CNc1n[nH]c(=O)[nH]c1=O)NN=Cc1c[nH]c2ccccc12. The number of H-pyrrole nitrogens is 3. The molecule has 0 saturated carbocycles. The summed E-state index contributed by atoms with van der Waals surface area (Å²) in [5, 5.41) is 12.9. The maximum atomic E-state index is 11.7. The largest absolute Gasteiger partial charge is 0.361 e. The van der Waals surface area contributed by atoms with Crippen LogP contribution in [0.4, 0.5) is 5.82 Å². The Kier molecular flexibility index (Phi) is 4.19. The van der Waals surface area contributed by atoms with E-state index in [0.29, 0.717) is 0 Å². The summed E-state index contributed by atoms with van der Waals surface area (Å²) < 4.78 is 0. The van der Waals surface area contributed by atoms with Crippen molar-refractivity contribution in [2.24, 2.45) is 5.10 Å². The summed E-state index contributed by atoms with van der Waals surface area (Å²) in [4.78, 5) is 39.0. The lowest BCUT2D eigenvalue weighted by Gasteiger charge is -2.02. The molecule has 0 unspecified atom stereocenters. The van der Waals surface area contributed by atoms with Crippen LogP contribution in [0.5, 0.6) is 0 Å². The fourth-order valence-electron chi connectivity index (χ4n) is 2.05. The number of nitrogens with one attached hydrogen (secondary N) is 5. The minimum absolute atomic E-state index is 0.162. The highest BCUT2D eigenvalue weighted by atomic mass is 16.2. The number of aromatic nitrogens is 4. The molecule has 0 fully saturated rings. The number of hydrogen-bond acceptors (Lipinski definition) is 6. The Balaban J connectivity index is 1.57. The highest BCUT2D eigenvalue weighted by Gasteiger charge is 2.05. The number of benzene rings is 1. The maximum Gasteiger partial charge on any atom is 0.342 e. The minimum atomic E-state index is -0.724. The number of carbonyl (C=O) groups excluding carboxylic acids is 1. The number of para-hydroxylation sites is 1. The van der Waals surface area contributed by atoms with Crippen molar-refractivity contribution in [3.8, 4) is 0 Å². The van der Waals surface area contributed by atoms with Gasteiger partial charge in [-0.25, -0.2) is 15.3 Å². The Bertz CT molecular complexity index is 1010. The summed E-state index contributed by atoms with van der Waals surface area (Å²) in [5.41, 5.74) is 2.69. The smallest absolute Gasteiger partial charge is 0.342 e. The Morgan fingerprint density at radius 3 is 2.96 bits per heavy atom. The molecule has 0 spiro atoms. The molecule has 122 valence electrons. The van der Waals surface area contributed by atoms with Crippen LogP contribution in [0.25, 0.3) is 10.9 Å². The van der Waals surface area contributed by atoms with E-state index < -0.39 is 17.2 Å². The summed E-state index contributed by atoms with van der Waals surface area (Å²) in [7, 11) is 0. The van der Waals surface area contributed by atoms with Gasteiger partial charge in [-0.15, -0.1) is 5.10 Å². The first-order chi connectivity index (χ1) is 11.6. The molecule has 1 aromatic carbocycles. The van der Waals surface area contributed by atoms with Crippen LogP contribution in [0, 0.1) is 0 Å². The van der Waals surface area contributed by atoms with Crippen LogP contribution in [-0.4, -0.2) is 38.8 Å². The molecule has 0 radical (unpaired) electrons. The third-order valence-corrected chi connectivity index (χ3v) is 3.14. The maximum absolute atomic E-state index is 11.7. The Hall–Kier alpha value is -3.69. The Morgan fingerprint density at radius 1 is 1.29 bits per heavy atom. The van der Waals surface area contributed by atoms with E-state index in [9.17, 15) is 14.4 Å². The number of hydrogen-bond donors (Lipinski definition) is 5. The van der Waals surface area contributed by atoms with Crippen LogP contribution in [0.3, 0.4) is 0 Å². The second-order valence-corrected chi connectivity index (χ2v) is 4.79. The van der Waals surface area contributed by atoms with Gasteiger partial charge in [0.25, 0.3) is 11.5 Å². The normalized spacial score (nSPS) is 11.0. The van der Waals surface area contributed by atoms with Crippen LogP contribution < -0.4 is 22.0 Å². The van der Waals surface area contributed by atoms with Crippen LogP contribution in [0.15, 0.2) is 45.2 Å². The molecule has 0 bridgehead atoms. The molecule has 2 aromatic heterocycles. The number of nitrogens with zero attached hydrogens (tertiary/aromatic N) is 2. The molecule has 3 rings (SSSR count). The van der Waals surface area contributed by atoms with Gasteiger partial charge in [0.15, 0.2) is 0 Å². The van der Waals surface area contributed by atoms with E-state index in [-0.39, 0.29) is 12.4 Å². The highest BCUT2D eigenvalue weighted by Crippen LogP contribution is 2.15. The molecule has 10 heteroatoms. The number of aromatic amines is 3. The molecule has 2 heterocycles. The van der Waals surface area contributed by atoms with Crippen molar-refractivity contribution < 1.29 is 4.79 Å². The average molecular weight is 327 g/mol. The first kappa shape index (κ1) is 15.2. The van der Waals surface area contributed by atoms with E-state index >= 15 is 0 Å². The van der Waals surface area contributed by atoms with Gasteiger partial charge in [0, 0.05) is 22.7 Å². The molecule has 0 atom stereocenters. The predicted molar refractivity (Wildman–Crippen MR) is 88.0 cm³/mol. The average Bonchev–Trinajstić information content (AvgIpc) is 2.97. The highest BCUT2D eigenvalue weighted by molar-refractivity contribution is 5.99. The van der Waals surface area contributed by atoms with E-state index in [2.05, 4.69) is 31.0 Å². The van der Waals surface area contributed by atoms with E-state index in [1.165, 1.54) is 6.21 Å².